The van der Waals surface area contributed by atoms with E-state index in [1.54, 1.807) is 0 Å². The summed E-state index contributed by atoms with van der Waals surface area (Å²) in [5.74, 6) is 0. The summed E-state index contributed by atoms with van der Waals surface area (Å²) in [6, 6.07) is 67.4. The van der Waals surface area contributed by atoms with Gasteiger partial charge in [0.1, 0.15) is 0 Å². The van der Waals surface area contributed by atoms with Crippen molar-refractivity contribution in [1.29, 1.82) is 0 Å². The predicted octanol–water partition coefficient (Wildman–Crippen LogP) is 12.5. The zero-order valence-electron chi connectivity index (χ0n) is 28.1. The maximum atomic E-state index is 2.51. The van der Waals surface area contributed by atoms with Crippen LogP contribution in [0.5, 0.6) is 0 Å². The molecule has 0 radical (unpaired) electrons. The van der Waals surface area contributed by atoms with Crippen LogP contribution in [0.4, 0.5) is 17.1 Å². The van der Waals surface area contributed by atoms with Crippen LogP contribution in [0.2, 0.25) is 0 Å². The van der Waals surface area contributed by atoms with Crippen molar-refractivity contribution < 1.29 is 0 Å². The Hall–Kier alpha value is -6.38. The number of benzene rings is 8. The van der Waals surface area contributed by atoms with E-state index in [2.05, 4.69) is 191 Å². The number of rotatable bonds is 4. The molecule has 1 spiro atoms. The smallest absolute Gasteiger partial charge is 0.0542 e. The van der Waals surface area contributed by atoms with E-state index >= 15 is 0 Å². The molecule has 51 heavy (non-hydrogen) atoms. The Bertz CT molecular complexity index is 2790. The van der Waals surface area contributed by atoms with Crippen LogP contribution in [0.1, 0.15) is 22.3 Å². The Balaban J connectivity index is 1.16. The molecule has 11 rings (SSSR count). The summed E-state index contributed by atoms with van der Waals surface area (Å²) in [5, 5.41) is 4.97. The van der Waals surface area contributed by atoms with Gasteiger partial charge in [-0.1, -0.05) is 127 Å². The van der Waals surface area contributed by atoms with Gasteiger partial charge in [-0.3, -0.25) is 0 Å². The van der Waals surface area contributed by atoms with Gasteiger partial charge in [-0.25, -0.2) is 0 Å². The first-order valence-electron chi connectivity index (χ1n) is 17.9. The zero-order chi connectivity index (χ0) is 33.5. The highest BCUT2D eigenvalue weighted by Gasteiger charge is 2.47. The summed E-state index contributed by atoms with van der Waals surface area (Å²) < 4.78 is 2.39. The van der Waals surface area contributed by atoms with Gasteiger partial charge >= 0.3 is 0 Å². The normalized spacial score (nSPS) is 13.9. The maximum absolute atomic E-state index is 2.51. The average Bonchev–Trinajstić information content (AvgIpc) is 3.83. The summed E-state index contributed by atoms with van der Waals surface area (Å²) in [4.78, 5) is 2.50. The highest BCUT2D eigenvalue weighted by atomic mass is 15.1. The summed E-state index contributed by atoms with van der Waals surface area (Å²) in [6.07, 6.45) is 2.05. The highest BCUT2D eigenvalue weighted by molar-refractivity contribution is 6.11. The minimum absolute atomic E-state index is 0.0802. The monoisotopic (exact) mass is 650 g/mol. The Labute approximate surface area is 297 Å². The van der Waals surface area contributed by atoms with Crippen molar-refractivity contribution in [2.45, 2.75) is 18.3 Å². The molecule has 0 saturated heterocycles. The van der Waals surface area contributed by atoms with Crippen molar-refractivity contribution in [3.63, 3.8) is 0 Å². The molecule has 2 heteroatoms. The molecule has 0 N–H and O–H groups in total. The fourth-order valence-electron chi connectivity index (χ4n) is 9.36. The van der Waals surface area contributed by atoms with E-state index < -0.39 is 0 Å². The number of para-hydroxylation sites is 2. The van der Waals surface area contributed by atoms with Crippen LogP contribution in [-0.4, -0.2) is 4.57 Å². The largest absolute Gasteiger partial charge is 0.310 e. The molecule has 0 unspecified atom stereocenters. The Kier molecular flexibility index (Phi) is 6.03. The van der Waals surface area contributed by atoms with Crippen molar-refractivity contribution in [2.24, 2.45) is 0 Å². The minimum atomic E-state index is -0.0802. The summed E-state index contributed by atoms with van der Waals surface area (Å²) in [5.41, 5.74) is 15.6. The lowest BCUT2D eigenvalue weighted by molar-refractivity contribution is 0.563. The van der Waals surface area contributed by atoms with Gasteiger partial charge in [0.2, 0.25) is 0 Å². The average molecular weight is 651 g/mol. The zero-order valence-corrected chi connectivity index (χ0v) is 28.1. The Morgan fingerprint density at radius 3 is 1.92 bits per heavy atom. The van der Waals surface area contributed by atoms with Gasteiger partial charge in [0.05, 0.1) is 16.7 Å². The predicted molar refractivity (Wildman–Crippen MR) is 213 cm³/mol. The number of nitrogens with zero attached hydrogens (tertiary/aromatic N) is 2. The third kappa shape index (κ3) is 4.11. The van der Waals surface area contributed by atoms with Crippen molar-refractivity contribution in [2.75, 3.05) is 4.90 Å². The number of aromatic nitrogens is 1. The number of hydrogen-bond acceptors (Lipinski definition) is 1. The van der Waals surface area contributed by atoms with Gasteiger partial charge < -0.3 is 9.47 Å². The van der Waals surface area contributed by atoms with Crippen LogP contribution in [0.25, 0.3) is 49.4 Å². The molecule has 0 fully saturated rings. The molecule has 0 amide bonds. The maximum Gasteiger partial charge on any atom is 0.0542 e. The van der Waals surface area contributed by atoms with Crippen LogP contribution in [0.15, 0.2) is 182 Å². The topological polar surface area (TPSA) is 8.17 Å². The van der Waals surface area contributed by atoms with Gasteiger partial charge in [0.25, 0.3) is 0 Å². The molecular formula is C49H34N2. The molecule has 1 aromatic heterocycles. The minimum Gasteiger partial charge on any atom is -0.310 e. The first-order valence-corrected chi connectivity index (χ1v) is 17.9. The van der Waals surface area contributed by atoms with Crippen LogP contribution in [0.3, 0.4) is 0 Å². The SMILES string of the molecule is c1ccc(-n2c3ccccc3c3cc(N(c4ccc5c(c4)C4(Cc6ccccc6C4)c4ccccc4-5)c4cccc5ccccc45)ccc32)cc1. The summed E-state index contributed by atoms with van der Waals surface area (Å²) in [6.45, 7) is 0. The molecule has 8 aromatic carbocycles. The molecule has 1 heterocycles. The lowest BCUT2D eigenvalue weighted by Gasteiger charge is -2.30. The van der Waals surface area contributed by atoms with Crippen LogP contribution in [0, 0.1) is 0 Å². The molecule has 0 atom stereocenters. The third-order valence-corrected chi connectivity index (χ3v) is 11.5. The number of fused-ring (bicyclic) bond motifs is 10. The first-order chi connectivity index (χ1) is 25.3. The van der Waals surface area contributed by atoms with E-state index in [4.69, 9.17) is 0 Å². The molecule has 0 saturated carbocycles. The van der Waals surface area contributed by atoms with Crippen LogP contribution in [-0.2, 0) is 18.3 Å². The fraction of sp³-hybridized carbons (Fsp3) is 0.0612. The van der Waals surface area contributed by atoms with E-state index in [1.165, 1.54) is 83.0 Å². The van der Waals surface area contributed by atoms with Crippen molar-refractivity contribution in [3.05, 3.63) is 204 Å². The number of hydrogen-bond donors (Lipinski definition) is 0. The Morgan fingerprint density at radius 2 is 1.06 bits per heavy atom. The van der Waals surface area contributed by atoms with Crippen LogP contribution >= 0.6 is 0 Å². The molecule has 2 nitrogen and oxygen atoms in total. The highest BCUT2D eigenvalue weighted by Crippen LogP contribution is 2.56. The van der Waals surface area contributed by atoms with Gasteiger partial charge in [-0.15, -0.1) is 0 Å². The second kappa shape index (κ2) is 10.8. The van der Waals surface area contributed by atoms with E-state index in [0.717, 1.165) is 18.5 Å². The second-order valence-electron chi connectivity index (χ2n) is 14.2. The van der Waals surface area contributed by atoms with E-state index in [-0.39, 0.29) is 5.41 Å². The first kappa shape index (κ1) is 28.5. The van der Waals surface area contributed by atoms with Gasteiger partial charge in [0, 0.05) is 38.6 Å². The molecule has 2 aliphatic carbocycles. The summed E-state index contributed by atoms with van der Waals surface area (Å²) in [7, 11) is 0. The van der Waals surface area contributed by atoms with Gasteiger partial charge in [-0.05, 0) is 106 Å². The molecule has 240 valence electrons. The molecule has 2 aliphatic rings. The standard InChI is InChI=1S/C49H34N2/c1-2-17-36(18-3-1)51-47-23-11-9-21-42(47)43-29-37(26-28-48(43)51)50(46-24-12-16-33-13-6-7-19-39(33)46)38-25-27-41-40-20-8-10-22-44(40)49(45(41)30-38)31-34-14-4-5-15-35(34)32-49/h1-30H,31-32H2. The van der Waals surface area contributed by atoms with Crippen molar-refractivity contribution in [3.8, 4) is 16.8 Å². The molecule has 0 aliphatic heterocycles. The van der Waals surface area contributed by atoms with E-state index in [0.29, 0.717) is 0 Å². The van der Waals surface area contributed by atoms with Crippen LogP contribution < -0.4 is 4.90 Å². The molecular weight excluding hydrogens is 617 g/mol. The van der Waals surface area contributed by atoms with Gasteiger partial charge in [-0.2, -0.15) is 0 Å². The summed E-state index contributed by atoms with van der Waals surface area (Å²) >= 11 is 0. The van der Waals surface area contributed by atoms with E-state index in [1.807, 2.05) is 0 Å². The lowest BCUT2D eigenvalue weighted by atomic mass is 9.75. The molecule has 9 aromatic rings. The van der Waals surface area contributed by atoms with Crippen molar-refractivity contribution >= 4 is 49.6 Å². The number of anilines is 3. The van der Waals surface area contributed by atoms with Crippen molar-refractivity contribution in [1.82, 2.24) is 4.57 Å². The second-order valence-corrected chi connectivity index (χ2v) is 14.2. The fourth-order valence-corrected chi connectivity index (χ4v) is 9.36. The Morgan fingerprint density at radius 1 is 0.431 bits per heavy atom. The quantitative estimate of drug-likeness (QED) is 0.184. The lowest BCUT2D eigenvalue weighted by Crippen LogP contribution is -2.26. The third-order valence-electron chi connectivity index (χ3n) is 11.5. The molecule has 0 bridgehead atoms. The van der Waals surface area contributed by atoms with E-state index in [9.17, 15) is 0 Å². The van der Waals surface area contributed by atoms with Gasteiger partial charge in [0.15, 0.2) is 0 Å².